The van der Waals surface area contributed by atoms with E-state index in [2.05, 4.69) is 10.3 Å². The maximum Gasteiger partial charge on any atom is 0.245 e. The van der Waals surface area contributed by atoms with Crippen LogP contribution in [0.15, 0.2) is 36.8 Å². The van der Waals surface area contributed by atoms with Crippen LogP contribution in [0.25, 0.3) is 0 Å². The molecule has 130 valence electrons. The molecule has 0 bridgehead atoms. The largest absolute Gasteiger partial charge is 0.491 e. The Balaban J connectivity index is 1.86. The lowest BCUT2D eigenvalue weighted by atomic mass is 10.0. The fraction of sp³-hybridized carbons (Fsp3) is 0.474. The number of nitrogens with one attached hydrogen (secondary N) is 1. The van der Waals surface area contributed by atoms with Gasteiger partial charge in [0.05, 0.1) is 18.1 Å². The highest BCUT2D eigenvalue weighted by Crippen LogP contribution is 2.16. The fourth-order valence-electron chi connectivity index (χ4n) is 2.39. The predicted molar refractivity (Wildman–Crippen MR) is 95.2 cm³/mol. The molecule has 0 aliphatic heterocycles. The van der Waals surface area contributed by atoms with Crippen molar-refractivity contribution in [2.75, 3.05) is 6.54 Å². The molecular weight excluding hydrogens is 302 g/mol. The number of ether oxygens (including phenoxy) is 1. The predicted octanol–water partition coefficient (Wildman–Crippen LogP) is 3.07. The first-order valence-corrected chi connectivity index (χ1v) is 8.34. The summed E-state index contributed by atoms with van der Waals surface area (Å²) in [5.74, 6) is 0.856. The van der Waals surface area contributed by atoms with Gasteiger partial charge in [-0.25, -0.2) is 4.98 Å². The lowest BCUT2D eigenvalue weighted by Gasteiger charge is -2.25. The third-order valence-corrected chi connectivity index (χ3v) is 3.91. The van der Waals surface area contributed by atoms with E-state index in [1.807, 2.05) is 69.6 Å². The highest BCUT2D eigenvalue weighted by molar-refractivity contribution is 5.83. The summed E-state index contributed by atoms with van der Waals surface area (Å²) in [6.45, 7) is 10.3. The van der Waals surface area contributed by atoms with E-state index in [4.69, 9.17) is 4.74 Å². The van der Waals surface area contributed by atoms with E-state index < -0.39 is 5.54 Å². The standard InChI is InChI=1S/C19H27N3O2/c1-14(2)24-17-8-6-16(7-9-17)10-11-20-18(23)19(4,5)22-12-15(3)21-13-22/h6-9,12-14H,10-11H2,1-5H3,(H,20,23). The van der Waals surface area contributed by atoms with Crippen LogP contribution < -0.4 is 10.1 Å². The number of hydrogen-bond acceptors (Lipinski definition) is 3. The number of benzene rings is 1. The molecule has 0 fully saturated rings. The van der Waals surface area contributed by atoms with Crippen molar-refractivity contribution in [1.82, 2.24) is 14.9 Å². The molecule has 5 nitrogen and oxygen atoms in total. The molecule has 0 aliphatic carbocycles. The molecule has 0 radical (unpaired) electrons. The monoisotopic (exact) mass is 329 g/mol. The summed E-state index contributed by atoms with van der Waals surface area (Å²) >= 11 is 0. The normalized spacial score (nSPS) is 11.6. The van der Waals surface area contributed by atoms with Crippen LogP contribution >= 0.6 is 0 Å². The van der Waals surface area contributed by atoms with Crippen LogP contribution in [-0.2, 0) is 16.8 Å². The van der Waals surface area contributed by atoms with Gasteiger partial charge in [0.1, 0.15) is 11.3 Å². The van der Waals surface area contributed by atoms with Gasteiger partial charge < -0.3 is 14.6 Å². The molecule has 0 aliphatic rings. The van der Waals surface area contributed by atoms with Gasteiger partial charge in [-0.15, -0.1) is 0 Å². The van der Waals surface area contributed by atoms with E-state index in [9.17, 15) is 4.79 Å². The quantitative estimate of drug-likeness (QED) is 0.849. The van der Waals surface area contributed by atoms with Crippen molar-refractivity contribution >= 4 is 5.91 Å². The summed E-state index contributed by atoms with van der Waals surface area (Å²) in [5, 5.41) is 3.01. The Bertz CT molecular complexity index is 672. The van der Waals surface area contributed by atoms with Crippen molar-refractivity contribution in [3.63, 3.8) is 0 Å². The number of carbonyl (C=O) groups excluding carboxylic acids is 1. The molecule has 1 aromatic carbocycles. The number of rotatable bonds is 7. The SMILES string of the molecule is Cc1cn(C(C)(C)C(=O)NCCc2ccc(OC(C)C)cc2)cn1. The van der Waals surface area contributed by atoms with Crippen LogP contribution in [0.2, 0.25) is 0 Å². The van der Waals surface area contributed by atoms with Gasteiger partial charge in [0.15, 0.2) is 0 Å². The molecule has 0 spiro atoms. The van der Waals surface area contributed by atoms with Crippen molar-refractivity contribution in [3.8, 4) is 5.75 Å². The van der Waals surface area contributed by atoms with Crippen LogP contribution in [0.5, 0.6) is 5.75 Å². The minimum Gasteiger partial charge on any atom is -0.491 e. The lowest BCUT2D eigenvalue weighted by molar-refractivity contribution is -0.128. The Labute approximate surface area is 144 Å². The molecule has 1 heterocycles. The Morgan fingerprint density at radius 2 is 1.96 bits per heavy atom. The Hall–Kier alpha value is -2.30. The lowest BCUT2D eigenvalue weighted by Crippen LogP contribution is -2.44. The molecule has 1 N–H and O–H groups in total. The molecule has 2 aromatic rings. The molecule has 0 unspecified atom stereocenters. The third-order valence-electron chi connectivity index (χ3n) is 3.91. The van der Waals surface area contributed by atoms with Gasteiger partial charge in [-0.2, -0.15) is 0 Å². The summed E-state index contributed by atoms with van der Waals surface area (Å²) in [4.78, 5) is 16.7. The van der Waals surface area contributed by atoms with E-state index >= 15 is 0 Å². The van der Waals surface area contributed by atoms with Gasteiger partial charge >= 0.3 is 0 Å². The van der Waals surface area contributed by atoms with Crippen molar-refractivity contribution in [2.24, 2.45) is 0 Å². The highest BCUT2D eigenvalue weighted by atomic mass is 16.5. The summed E-state index contributed by atoms with van der Waals surface area (Å²) in [5.41, 5.74) is 1.42. The zero-order valence-electron chi connectivity index (χ0n) is 15.2. The van der Waals surface area contributed by atoms with Crippen LogP contribution in [0.1, 0.15) is 39.0 Å². The van der Waals surface area contributed by atoms with Gasteiger partial charge in [-0.05, 0) is 58.7 Å². The fourth-order valence-corrected chi connectivity index (χ4v) is 2.39. The van der Waals surface area contributed by atoms with Gasteiger partial charge in [0.2, 0.25) is 5.91 Å². The van der Waals surface area contributed by atoms with Crippen molar-refractivity contribution in [2.45, 2.75) is 52.7 Å². The minimum atomic E-state index is -0.657. The number of hydrogen-bond donors (Lipinski definition) is 1. The van der Waals surface area contributed by atoms with Crippen molar-refractivity contribution < 1.29 is 9.53 Å². The molecule has 5 heteroatoms. The molecule has 1 aromatic heterocycles. The Morgan fingerprint density at radius 1 is 1.29 bits per heavy atom. The zero-order valence-corrected chi connectivity index (χ0v) is 15.2. The van der Waals surface area contributed by atoms with Crippen LogP contribution in [0.3, 0.4) is 0 Å². The Kier molecular flexibility index (Phi) is 5.65. The molecule has 0 saturated carbocycles. The molecule has 2 rings (SSSR count). The highest BCUT2D eigenvalue weighted by Gasteiger charge is 2.29. The van der Waals surface area contributed by atoms with Gasteiger partial charge in [-0.3, -0.25) is 4.79 Å². The van der Waals surface area contributed by atoms with E-state index in [1.54, 1.807) is 6.33 Å². The first-order chi connectivity index (χ1) is 11.3. The number of amides is 1. The Morgan fingerprint density at radius 3 is 2.50 bits per heavy atom. The number of carbonyl (C=O) groups is 1. The number of aryl methyl sites for hydroxylation is 1. The van der Waals surface area contributed by atoms with Crippen molar-refractivity contribution in [1.29, 1.82) is 0 Å². The summed E-state index contributed by atoms with van der Waals surface area (Å²) in [6, 6.07) is 8.01. The van der Waals surface area contributed by atoms with Crippen LogP contribution in [-0.4, -0.2) is 28.1 Å². The maximum atomic E-state index is 12.5. The van der Waals surface area contributed by atoms with Crippen LogP contribution in [0.4, 0.5) is 0 Å². The summed E-state index contributed by atoms with van der Waals surface area (Å²) < 4.78 is 7.47. The topological polar surface area (TPSA) is 56.2 Å². The second-order valence-electron chi connectivity index (χ2n) is 6.80. The average molecular weight is 329 g/mol. The minimum absolute atomic E-state index is 0.0142. The average Bonchev–Trinajstić information content (AvgIpc) is 2.95. The van der Waals surface area contributed by atoms with Crippen LogP contribution in [0, 0.1) is 6.92 Å². The van der Waals surface area contributed by atoms with Gasteiger partial charge in [0.25, 0.3) is 0 Å². The van der Waals surface area contributed by atoms with E-state index in [1.165, 1.54) is 5.56 Å². The van der Waals surface area contributed by atoms with E-state index in [0.717, 1.165) is 17.9 Å². The molecule has 0 saturated heterocycles. The summed E-state index contributed by atoms with van der Waals surface area (Å²) in [7, 11) is 0. The molecule has 24 heavy (non-hydrogen) atoms. The molecule has 1 amide bonds. The van der Waals surface area contributed by atoms with Crippen molar-refractivity contribution in [3.05, 3.63) is 48.0 Å². The third kappa shape index (κ3) is 4.60. The maximum absolute atomic E-state index is 12.5. The molecule has 0 atom stereocenters. The number of imidazole rings is 1. The first-order valence-electron chi connectivity index (χ1n) is 8.34. The zero-order chi connectivity index (χ0) is 17.7. The number of aromatic nitrogens is 2. The van der Waals surface area contributed by atoms with Gasteiger partial charge in [0, 0.05) is 12.7 Å². The molecular formula is C19H27N3O2. The van der Waals surface area contributed by atoms with E-state index in [0.29, 0.717) is 6.54 Å². The second kappa shape index (κ2) is 7.51. The smallest absolute Gasteiger partial charge is 0.245 e. The number of nitrogens with zero attached hydrogens (tertiary/aromatic N) is 2. The summed E-state index contributed by atoms with van der Waals surface area (Å²) in [6.07, 6.45) is 4.53. The second-order valence-corrected chi connectivity index (χ2v) is 6.80. The van der Waals surface area contributed by atoms with Gasteiger partial charge in [-0.1, -0.05) is 12.1 Å². The first kappa shape index (κ1) is 18.0. The van der Waals surface area contributed by atoms with E-state index in [-0.39, 0.29) is 12.0 Å².